The molecule has 0 aliphatic carbocycles. The van der Waals surface area contributed by atoms with E-state index < -0.39 is 17.8 Å². The second-order valence-electron chi connectivity index (χ2n) is 3.10. The zero-order chi connectivity index (χ0) is 11.4. The molecule has 80 valence electrons. The van der Waals surface area contributed by atoms with Crippen molar-refractivity contribution in [2.45, 2.75) is 6.92 Å². The molecule has 0 bridgehead atoms. The van der Waals surface area contributed by atoms with Crippen LogP contribution in [0.3, 0.4) is 0 Å². The van der Waals surface area contributed by atoms with Crippen LogP contribution in [0.1, 0.15) is 6.92 Å². The van der Waals surface area contributed by atoms with E-state index in [9.17, 15) is 9.59 Å². The largest absolute Gasteiger partial charge is 0.481 e. The van der Waals surface area contributed by atoms with E-state index in [1.165, 1.54) is 6.92 Å². The molecule has 0 spiro atoms. The maximum atomic E-state index is 11.5. The predicted octanol–water partition coefficient (Wildman–Crippen LogP) is 0.614. The van der Waals surface area contributed by atoms with Gasteiger partial charge in [-0.1, -0.05) is 18.2 Å². The van der Waals surface area contributed by atoms with E-state index in [0.717, 1.165) is 5.01 Å². The number of nitrogens with zero attached hydrogens (tertiary/aromatic N) is 1. The summed E-state index contributed by atoms with van der Waals surface area (Å²) in [4.78, 5) is 22.1. The summed E-state index contributed by atoms with van der Waals surface area (Å²) in [7, 11) is 0. The lowest BCUT2D eigenvalue weighted by molar-refractivity contribution is -0.145. The van der Waals surface area contributed by atoms with Gasteiger partial charge in [-0.25, -0.2) is 10.9 Å². The topological polar surface area (TPSA) is 83.6 Å². The maximum absolute atomic E-state index is 11.5. The molecule has 3 N–H and O–H groups in total. The Morgan fingerprint density at radius 2 is 1.87 bits per heavy atom. The number of anilines is 1. The third kappa shape index (κ3) is 2.54. The van der Waals surface area contributed by atoms with Gasteiger partial charge < -0.3 is 5.11 Å². The number of hydrogen-bond acceptors (Lipinski definition) is 3. The molecule has 1 atom stereocenters. The SMILES string of the molecule is CC(C(=O)O)C(=O)N(N)c1ccccc1. The highest BCUT2D eigenvalue weighted by Crippen LogP contribution is 2.12. The van der Waals surface area contributed by atoms with E-state index in [1.54, 1.807) is 30.3 Å². The van der Waals surface area contributed by atoms with Crippen molar-refractivity contribution in [1.29, 1.82) is 0 Å². The summed E-state index contributed by atoms with van der Waals surface area (Å²) in [5.74, 6) is 2.52. The monoisotopic (exact) mass is 208 g/mol. The van der Waals surface area contributed by atoms with Crippen LogP contribution in [0.4, 0.5) is 5.69 Å². The van der Waals surface area contributed by atoms with Crippen molar-refractivity contribution in [3.63, 3.8) is 0 Å². The number of benzene rings is 1. The lowest BCUT2D eigenvalue weighted by atomic mass is 10.1. The molecule has 15 heavy (non-hydrogen) atoms. The zero-order valence-corrected chi connectivity index (χ0v) is 8.25. The van der Waals surface area contributed by atoms with Crippen molar-refractivity contribution in [3.8, 4) is 0 Å². The summed E-state index contributed by atoms with van der Waals surface area (Å²) >= 11 is 0. The molecular formula is C10H12N2O3. The van der Waals surface area contributed by atoms with Crippen LogP contribution in [0.15, 0.2) is 30.3 Å². The number of carbonyl (C=O) groups excluding carboxylic acids is 1. The number of amides is 1. The highest BCUT2D eigenvalue weighted by molar-refractivity contribution is 6.04. The summed E-state index contributed by atoms with van der Waals surface area (Å²) in [6.07, 6.45) is 0. The Morgan fingerprint density at radius 3 is 2.33 bits per heavy atom. The maximum Gasteiger partial charge on any atom is 0.315 e. The van der Waals surface area contributed by atoms with Crippen LogP contribution in [0, 0.1) is 5.92 Å². The van der Waals surface area contributed by atoms with E-state index in [0.29, 0.717) is 5.69 Å². The van der Waals surface area contributed by atoms with Gasteiger partial charge in [-0.3, -0.25) is 9.59 Å². The molecule has 1 unspecified atom stereocenters. The van der Waals surface area contributed by atoms with Crippen LogP contribution < -0.4 is 10.9 Å². The van der Waals surface area contributed by atoms with Gasteiger partial charge in [0.05, 0.1) is 5.69 Å². The Balaban J connectivity index is 2.82. The molecule has 0 saturated heterocycles. The Hall–Kier alpha value is -1.88. The number of rotatable bonds is 3. The number of carbonyl (C=O) groups is 2. The van der Waals surface area contributed by atoms with Gasteiger partial charge in [0.1, 0.15) is 5.92 Å². The highest BCUT2D eigenvalue weighted by Gasteiger charge is 2.25. The van der Waals surface area contributed by atoms with Crippen molar-refractivity contribution >= 4 is 17.6 Å². The second-order valence-corrected chi connectivity index (χ2v) is 3.10. The van der Waals surface area contributed by atoms with Crippen molar-refractivity contribution in [3.05, 3.63) is 30.3 Å². The first kappa shape index (κ1) is 11.2. The number of nitrogens with two attached hydrogens (primary N) is 1. The third-order valence-corrected chi connectivity index (χ3v) is 2.01. The van der Waals surface area contributed by atoms with Gasteiger partial charge in [-0.15, -0.1) is 0 Å². The van der Waals surface area contributed by atoms with E-state index in [2.05, 4.69) is 0 Å². The fourth-order valence-corrected chi connectivity index (χ4v) is 1.03. The molecule has 1 amide bonds. The van der Waals surface area contributed by atoms with Gasteiger partial charge in [0.2, 0.25) is 0 Å². The first-order valence-electron chi connectivity index (χ1n) is 4.40. The quantitative estimate of drug-likeness (QED) is 0.330. The van der Waals surface area contributed by atoms with Crippen LogP contribution >= 0.6 is 0 Å². The van der Waals surface area contributed by atoms with Crippen LogP contribution in [0.25, 0.3) is 0 Å². The first-order chi connectivity index (χ1) is 7.04. The Labute approximate surface area is 87.1 Å². The van der Waals surface area contributed by atoms with Crippen LogP contribution in [0.5, 0.6) is 0 Å². The Kier molecular flexibility index (Phi) is 3.41. The molecule has 1 aromatic rings. The number of carboxylic acid groups (broad SMARTS) is 1. The van der Waals surface area contributed by atoms with Crippen molar-refractivity contribution in [1.82, 2.24) is 0 Å². The lowest BCUT2D eigenvalue weighted by Gasteiger charge is -2.18. The van der Waals surface area contributed by atoms with Crippen LogP contribution in [0.2, 0.25) is 0 Å². The molecule has 5 nitrogen and oxygen atoms in total. The number of para-hydroxylation sites is 1. The van der Waals surface area contributed by atoms with E-state index >= 15 is 0 Å². The number of carboxylic acids is 1. The molecule has 1 rings (SSSR count). The Bertz CT molecular complexity index is 364. The summed E-state index contributed by atoms with van der Waals surface area (Å²) in [5, 5.41) is 9.49. The molecule has 0 aliphatic heterocycles. The van der Waals surface area contributed by atoms with Gasteiger partial charge in [-0.2, -0.15) is 0 Å². The molecule has 0 heterocycles. The molecule has 0 saturated carbocycles. The molecule has 5 heteroatoms. The lowest BCUT2D eigenvalue weighted by Crippen LogP contribution is -2.43. The van der Waals surface area contributed by atoms with Crippen molar-refractivity contribution < 1.29 is 14.7 Å². The zero-order valence-electron chi connectivity index (χ0n) is 8.25. The summed E-state index contributed by atoms with van der Waals surface area (Å²) in [5.41, 5.74) is 0.468. The minimum Gasteiger partial charge on any atom is -0.481 e. The van der Waals surface area contributed by atoms with Crippen LogP contribution in [-0.4, -0.2) is 17.0 Å². The van der Waals surface area contributed by atoms with Gasteiger partial charge in [-0.05, 0) is 19.1 Å². The normalized spacial score (nSPS) is 11.9. The fourth-order valence-electron chi connectivity index (χ4n) is 1.03. The van der Waals surface area contributed by atoms with E-state index in [4.69, 9.17) is 10.9 Å². The molecular weight excluding hydrogens is 196 g/mol. The number of hydrazine groups is 1. The average molecular weight is 208 g/mol. The molecule has 0 aliphatic rings. The van der Waals surface area contributed by atoms with Gasteiger partial charge in [0.15, 0.2) is 0 Å². The van der Waals surface area contributed by atoms with Gasteiger partial charge in [0, 0.05) is 0 Å². The van der Waals surface area contributed by atoms with Gasteiger partial charge in [0.25, 0.3) is 5.91 Å². The molecule has 0 fully saturated rings. The van der Waals surface area contributed by atoms with Gasteiger partial charge >= 0.3 is 5.97 Å². The minimum absolute atomic E-state index is 0.468. The predicted molar refractivity (Wildman–Crippen MR) is 54.9 cm³/mol. The Morgan fingerprint density at radius 1 is 1.33 bits per heavy atom. The van der Waals surface area contributed by atoms with Crippen molar-refractivity contribution in [2.24, 2.45) is 11.8 Å². The van der Waals surface area contributed by atoms with Crippen molar-refractivity contribution in [2.75, 3.05) is 5.01 Å². The first-order valence-corrected chi connectivity index (χ1v) is 4.40. The van der Waals surface area contributed by atoms with E-state index in [1.807, 2.05) is 0 Å². The van der Waals surface area contributed by atoms with E-state index in [-0.39, 0.29) is 0 Å². The molecule has 0 radical (unpaired) electrons. The third-order valence-electron chi connectivity index (χ3n) is 2.01. The summed E-state index contributed by atoms with van der Waals surface area (Å²) in [6.45, 7) is 1.30. The number of hydrogen-bond donors (Lipinski definition) is 2. The molecule has 0 aromatic heterocycles. The minimum atomic E-state index is -1.19. The van der Waals surface area contributed by atoms with Crippen LogP contribution in [-0.2, 0) is 9.59 Å². The fraction of sp³-hybridized carbons (Fsp3) is 0.200. The smallest absolute Gasteiger partial charge is 0.315 e. The second kappa shape index (κ2) is 4.56. The number of aliphatic carboxylic acids is 1. The molecule has 1 aromatic carbocycles. The summed E-state index contributed by atoms with van der Waals surface area (Å²) in [6, 6.07) is 8.48. The summed E-state index contributed by atoms with van der Waals surface area (Å²) < 4.78 is 0. The highest BCUT2D eigenvalue weighted by atomic mass is 16.4. The standard InChI is InChI=1S/C10H12N2O3/c1-7(10(14)15)9(13)12(11)8-5-3-2-4-6-8/h2-7H,11H2,1H3,(H,14,15). The average Bonchev–Trinajstić information content (AvgIpc) is 2.27.